The van der Waals surface area contributed by atoms with E-state index in [1.165, 1.54) is 19.0 Å². The van der Waals surface area contributed by atoms with Gasteiger partial charge in [-0.1, -0.05) is 13.3 Å². The zero-order chi connectivity index (χ0) is 13.8. The van der Waals surface area contributed by atoms with Crippen LogP contribution in [0.25, 0.3) is 0 Å². The summed E-state index contributed by atoms with van der Waals surface area (Å²) in [6, 6.07) is 3.38. The lowest BCUT2D eigenvalue weighted by atomic mass is 10.3. The van der Waals surface area contributed by atoms with Gasteiger partial charge in [-0.25, -0.2) is 4.79 Å². The highest BCUT2D eigenvalue weighted by Gasteiger charge is 2.05. The molecule has 0 unspecified atom stereocenters. The van der Waals surface area contributed by atoms with Crippen LogP contribution in [0.3, 0.4) is 0 Å². The maximum absolute atomic E-state index is 11.5. The first-order valence-corrected chi connectivity index (χ1v) is 6.70. The summed E-state index contributed by atoms with van der Waals surface area (Å²) in [7, 11) is 0. The molecule has 1 rings (SSSR count). The number of ether oxygens (including phenoxy) is 2. The summed E-state index contributed by atoms with van der Waals surface area (Å²) in [5.41, 5.74) is 0.462. The van der Waals surface area contributed by atoms with Crippen molar-refractivity contribution in [2.45, 2.75) is 19.8 Å². The number of nitrogens with one attached hydrogen (secondary N) is 1. The minimum atomic E-state index is -0.363. The molecule has 0 aliphatic carbocycles. The molecular formula is C14H22N2O3. The second kappa shape index (κ2) is 10.5. The maximum atomic E-state index is 11.5. The van der Waals surface area contributed by atoms with Gasteiger partial charge >= 0.3 is 5.97 Å². The number of carbonyl (C=O) groups excluding carboxylic acids is 1. The van der Waals surface area contributed by atoms with Crippen LogP contribution < -0.4 is 5.32 Å². The predicted octanol–water partition coefficient (Wildman–Crippen LogP) is 1.64. The molecule has 0 saturated heterocycles. The normalized spacial score (nSPS) is 10.4. The van der Waals surface area contributed by atoms with Crippen molar-refractivity contribution in [3.8, 4) is 0 Å². The van der Waals surface area contributed by atoms with Gasteiger partial charge in [-0.05, 0) is 25.1 Å². The predicted molar refractivity (Wildman–Crippen MR) is 73.1 cm³/mol. The Morgan fingerprint density at radius 2 is 2.21 bits per heavy atom. The number of pyridine rings is 1. The third kappa shape index (κ3) is 7.54. The van der Waals surface area contributed by atoms with Crippen LogP contribution in [0.4, 0.5) is 0 Å². The summed E-state index contributed by atoms with van der Waals surface area (Å²) < 4.78 is 10.4. The molecule has 0 fully saturated rings. The maximum Gasteiger partial charge on any atom is 0.339 e. The summed E-state index contributed by atoms with van der Waals surface area (Å²) in [6.07, 6.45) is 5.48. The average molecular weight is 266 g/mol. The molecule has 5 nitrogen and oxygen atoms in total. The first-order chi connectivity index (χ1) is 9.34. The molecule has 1 aromatic heterocycles. The fraction of sp³-hybridized carbons (Fsp3) is 0.571. The second-order valence-corrected chi connectivity index (χ2v) is 4.09. The summed E-state index contributed by atoms with van der Waals surface area (Å²) >= 11 is 0. The van der Waals surface area contributed by atoms with Gasteiger partial charge < -0.3 is 14.8 Å². The van der Waals surface area contributed by atoms with E-state index in [2.05, 4.69) is 17.2 Å². The third-order valence-electron chi connectivity index (χ3n) is 2.49. The Labute approximate surface area is 114 Å². The van der Waals surface area contributed by atoms with E-state index in [0.717, 1.165) is 13.1 Å². The first kappa shape index (κ1) is 15.6. The molecule has 5 heteroatoms. The van der Waals surface area contributed by atoms with E-state index in [9.17, 15) is 4.79 Å². The lowest BCUT2D eigenvalue weighted by Crippen LogP contribution is -2.21. The van der Waals surface area contributed by atoms with Crippen LogP contribution in [0.2, 0.25) is 0 Å². The molecule has 0 bridgehead atoms. The van der Waals surface area contributed by atoms with Crippen molar-refractivity contribution in [1.82, 2.24) is 10.3 Å². The Hall–Kier alpha value is -1.46. The Bertz CT molecular complexity index is 344. The van der Waals surface area contributed by atoms with Crippen molar-refractivity contribution in [2.75, 3.05) is 32.9 Å². The summed E-state index contributed by atoms with van der Waals surface area (Å²) in [5, 5.41) is 3.27. The molecule has 1 heterocycles. The van der Waals surface area contributed by atoms with Crippen LogP contribution in [0, 0.1) is 0 Å². The molecule has 0 amide bonds. The highest BCUT2D eigenvalue weighted by atomic mass is 16.6. The summed E-state index contributed by atoms with van der Waals surface area (Å²) in [4.78, 5) is 15.4. The number of hydrogen-bond donors (Lipinski definition) is 1. The number of hydrogen-bond acceptors (Lipinski definition) is 5. The highest BCUT2D eigenvalue weighted by Crippen LogP contribution is 1.98. The van der Waals surface area contributed by atoms with E-state index in [0.29, 0.717) is 18.8 Å². The van der Waals surface area contributed by atoms with Crippen LogP contribution >= 0.6 is 0 Å². The topological polar surface area (TPSA) is 60.5 Å². The van der Waals surface area contributed by atoms with E-state index >= 15 is 0 Å². The van der Waals surface area contributed by atoms with Crippen molar-refractivity contribution in [3.05, 3.63) is 30.1 Å². The Morgan fingerprint density at radius 3 is 2.95 bits per heavy atom. The molecule has 0 radical (unpaired) electrons. The second-order valence-electron chi connectivity index (χ2n) is 4.09. The van der Waals surface area contributed by atoms with Gasteiger partial charge in [0, 0.05) is 18.9 Å². The average Bonchev–Trinajstić information content (AvgIpc) is 2.46. The smallest absolute Gasteiger partial charge is 0.339 e. The summed E-state index contributed by atoms with van der Waals surface area (Å²) in [6.45, 7) is 5.33. The molecule has 19 heavy (non-hydrogen) atoms. The van der Waals surface area contributed by atoms with Gasteiger partial charge in [0.05, 0.1) is 18.8 Å². The van der Waals surface area contributed by atoms with Crippen molar-refractivity contribution in [1.29, 1.82) is 0 Å². The van der Waals surface area contributed by atoms with E-state index in [-0.39, 0.29) is 12.6 Å². The zero-order valence-corrected chi connectivity index (χ0v) is 11.4. The Balaban J connectivity index is 1.95. The van der Waals surface area contributed by atoms with Gasteiger partial charge in [0.1, 0.15) is 6.61 Å². The van der Waals surface area contributed by atoms with Crippen LogP contribution in [0.1, 0.15) is 30.1 Å². The largest absolute Gasteiger partial charge is 0.460 e. The van der Waals surface area contributed by atoms with Gasteiger partial charge in [-0.2, -0.15) is 0 Å². The minimum Gasteiger partial charge on any atom is -0.460 e. The van der Waals surface area contributed by atoms with Gasteiger partial charge in [0.2, 0.25) is 0 Å². The monoisotopic (exact) mass is 266 g/mol. The van der Waals surface area contributed by atoms with Crippen molar-refractivity contribution in [2.24, 2.45) is 0 Å². The molecular weight excluding hydrogens is 244 g/mol. The van der Waals surface area contributed by atoms with Crippen LogP contribution in [0.15, 0.2) is 24.5 Å². The first-order valence-electron chi connectivity index (χ1n) is 6.70. The fourth-order valence-corrected chi connectivity index (χ4v) is 1.43. The summed E-state index contributed by atoms with van der Waals surface area (Å²) in [5.74, 6) is -0.363. The van der Waals surface area contributed by atoms with Crippen LogP contribution in [-0.2, 0) is 9.47 Å². The number of nitrogens with zero attached hydrogens (tertiary/aromatic N) is 1. The van der Waals surface area contributed by atoms with Crippen molar-refractivity contribution in [3.63, 3.8) is 0 Å². The molecule has 106 valence electrons. The minimum absolute atomic E-state index is 0.267. The molecule has 0 atom stereocenters. The van der Waals surface area contributed by atoms with Crippen molar-refractivity contribution < 1.29 is 14.3 Å². The van der Waals surface area contributed by atoms with Gasteiger partial charge in [-0.3, -0.25) is 4.98 Å². The van der Waals surface area contributed by atoms with E-state index in [1.807, 2.05) is 0 Å². The molecule has 1 N–H and O–H groups in total. The number of esters is 1. The number of unbranched alkanes of at least 4 members (excludes halogenated alkanes) is 1. The van der Waals surface area contributed by atoms with E-state index < -0.39 is 0 Å². The lowest BCUT2D eigenvalue weighted by molar-refractivity contribution is 0.0321. The quantitative estimate of drug-likeness (QED) is 0.515. The number of rotatable bonds is 10. The molecule has 1 aromatic rings. The Morgan fingerprint density at radius 1 is 1.32 bits per heavy atom. The van der Waals surface area contributed by atoms with Gasteiger partial charge in [0.15, 0.2) is 0 Å². The molecule has 0 saturated carbocycles. The molecule has 0 spiro atoms. The van der Waals surface area contributed by atoms with Crippen molar-refractivity contribution >= 4 is 5.97 Å². The SMILES string of the molecule is CCCCNCCOCCOC(=O)c1cccnc1. The lowest BCUT2D eigenvalue weighted by Gasteiger charge is -2.06. The Kier molecular flexibility index (Phi) is 8.59. The number of carbonyl (C=O) groups is 1. The van der Waals surface area contributed by atoms with E-state index in [1.54, 1.807) is 18.3 Å². The van der Waals surface area contributed by atoms with E-state index in [4.69, 9.17) is 9.47 Å². The van der Waals surface area contributed by atoms with Gasteiger partial charge in [0.25, 0.3) is 0 Å². The van der Waals surface area contributed by atoms with Gasteiger partial charge in [-0.15, -0.1) is 0 Å². The standard InChI is InChI=1S/C14H22N2O3/c1-2-3-6-15-8-9-18-10-11-19-14(17)13-5-4-7-16-12-13/h4-5,7,12,15H,2-3,6,8-11H2,1H3. The third-order valence-corrected chi connectivity index (χ3v) is 2.49. The van der Waals surface area contributed by atoms with Crippen LogP contribution in [-0.4, -0.2) is 43.9 Å². The number of aromatic nitrogens is 1. The highest BCUT2D eigenvalue weighted by molar-refractivity contribution is 5.88. The molecule has 0 aliphatic heterocycles. The zero-order valence-electron chi connectivity index (χ0n) is 11.4. The van der Waals surface area contributed by atoms with Crippen LogP contribution in [0.5, 0.6) is 0 Å². The molecule has 0 aromatic carbocycles. The fourth-order valence-electron chi connectivity index (χ4n) is 1.43. The molecule has 0 aliphatic rings.